The average molecular weight is 353 g/mol. The van der Waals surface area contributed by atoms with Gasteiger partial charge in [0.2, 0.25) is 0 Å². The maximum Gasteiger partial charge on any atom is 0.251 e. The standard InChI is InChI=1S/C20H20FN3O2/c21-16-2-1-3-17-19(16)14(12-24-17)6-7-23-20(25)13-4-5-18-15(10-13)11-22-8-9-26-18/h1-5,10,12,22,24H,6-9,11H2,(H,23,25). The predicted octanol–water partition coefficient (Wildman–Crippen LogP) is 2.76. The van der Waals surface area contributed by atoms with Gasteiger partial charge in [-0.15, -0.1) is 0 Å². The second kappa shape index (κ2) is 7.17. The Morgan fingerprint density at radius 2 is 2.19 bits per heavy atom. The van der Waals surface area contributed by atoms with Crippen LogP contribution in [0, 0.1) is 5.82 Å². The van der Waals surface area contributed by atoms with Crippen molar-refractivity contribution in [1.82, 2.24) is 15.6 Å². The summed E-state index contributed by atoms with van der Waals surface area (Å²) in [6.45, 7) is 2.54. The first-order valence-corrected chi connectivity index (χ1v) is 8.71. The molecule has 3 N–H and O–H groups in total. The van der Waals surface area contributed by atoms with Crippen molar-refractivity contribution in [2.75, 3.05) is 19.7 Å². The molecule has 4 rings (SSSR count). The van der Waals surface area contributed by atoms with Gasteiger partial charge in [-0.05, 0) is 42.3 Å². The monoisotopic (exact) mass is 353 g/mol. The number of hydrogen-bond acceptors (Lipinski definition) is 3. The molecule has 1 aliphatic rings. The Balaban J connectivity index is 1.42. The first kappa shape index (κ1) is 16.6. The highest BCUT2D eigenvalue weighted by molar-refractivity contribution is 5.94. The van der Waals surface area contributed by atoms with E-state index in [1.807, 2.05) is 18.2 Å². The summed E-state index contributed by atoms with van der Waals surface area (Å²) in [5.74, 6) is 0.432. The minimum Gasteiger partial charge on any atom is -0.492 e. The van der Waals surface area contributed by atoms with E-state index >= 15 is 0 Å². The van der Waals surface area contributed by atoms with Crippen molar-refractivity contribution in [2.45, 2.75) is 13.0 Å². The van der Waals surface area contributed by atoms with Crippen molar-refractivity contribution in [3.8, 4) is 5.75 Å². The molecule has 0 saturated carbocycles. The van der Waals surface area contributed by atoms with Gasteiger partial charge >= 0.3 is 0 Å². The molecule has 1 aliphatic heterocycles. The third-order valence-electron chi connectivity index (χ3n) is 4.59. The highest BCUT2D eigenvalue weighted by Gasteiger charge is 2.13. The van der Waals surface area contributed by atoms with E-state index < -0.39 is 0 Å². The molecule has 0 unspecified atom stereocenters. The van der Waals surface area contributed by atoms with E-state index in [9.17, 15) is 9.18 Å². The molecule has 26 heavy (non-hydrogen) atoms. The van der Waals surface area contributed by atoms with Gasteiger partial charge < -0.3 is 20.4 Å². The third-order valence-corrected chi connectivity index (χ3v) is 4.59. The van der Waals surface area contributed by atoms with Crippen LogP contribution >= 0.6 is 0 Å². The average Bonchev–Trinajstić information content (AvgIpc) is 2.92. The van der Waals surface area contributed by atoms with Crippen LogP contribution in [0.4, 0.5) is 4.39 Å². The molecule has 3 aromatic rings. The van der Waals surface area contributed by atoms with E-state index in [0.717, 1.165) is 28.9 Å². The summed E-state index contributed by atoms with van der Waals surface area (Å²) in [4.78, 5) is 15.5. The summed E-state index contributed by atoms with van der Waals surface area (Å²) < 4.78 is 19.6. The van der Waals surface area contributed by atoms with Crippen molar-refractivity contribution in [2.24, 2.45) is 0 Å². The number of carbonyl (C=O) groups excluding carboxylic acids is 1. The largest absolute Gasteiger partial charge is 0.492 e. The molecule has 134 valence electrons. The van der Waals surface area contributed by atoms with Crippen LogP contribution in [0.2, 0.25) is 0 Å². The summed E-state index contributed by atoms with van der Waals surface area (Å²) in [6.07, 6.45) is 2.35. The Bertz CT molecular complexity index is 951. The van der Waals surface area contributed by atoms with Crippen molar-refractivity contribution < 1.29 is 13.9 Å². The topological polar surface area (TPSA) is 66.2 Å². The summed E-state index contributed by atoms with van der Waals surface area (Å²) in [5.41, 5.74) is 3.21. The molecular formula is C20H20FN3O2. The Labute approximate surface area is 150 Å². The molecule has 1 aromatic heterocycles. The minimum atomic E-state index is -0.247. The number of H-pyrrole nitrogens is 1. The zero-order valence-corrected chi connectivity index (χ0v) is 14.3. The molecule has 1 amide bonds. The fourth-order valence-electron chi connectivity index (χ4n) is 3.27. The summed E-state index contributed by atoms with van der Waals surface area (Å²) in [5, 5.41) is 6.76. The smallest absolute Gasteiger partial charge is 0.251 e. The fourth-order valence-corrected chi connectivity index (χ4v) is 3.27. The minimum absolute atomic E-state index is 0.141. The zero-order chi connectivity index (χ0) is 17.9. The van der Waals surface area contributed by atoms with Gasteiger partial charge in [-0.1, -0.05) is 6.07 Å². The second-order valence-corrected chi connectivity index (χ2v) is 6.33. The predicted molar refractivity (Wildman–Crippen MR) is 97.9 cm³/mol. The van der Waals surface area contributed by atoms with Gasteiger partial charge in [0.15, 0.2) is 0 Å². The molecule has 2 aromatic carbocycles. The van der Waals surface area contributed by atoms with Crippen molar-refractivity contribution in [3.05, 3.63) is 65.1 Å². The number of nitrogens with one attached hydrogen (secondary N) is 3. The van der Waals surface area contributed by atoms with Crippen LogP contribution in [0.15, 0.2) is 42.6 Å². The SMILES string of the molecule is O=C(NCCc1c[nH]c2cccc(F)c12)c1ccc2c(c1)CNCCO2. The van der Waals surface area contributed by atoms with Crippen LogP contribution in [0.1, 0.15) is 21.5 Å². The fraction of sp³-hybridized carbons (Fsp3) is 0.250. The number of halogens is 1. The summed E-state index contributed by atoms with van der Waals surface area (Å²) >= 11 is 0. The lowest BCUT2D eigenvalue weighted by atomic mass is 10.1. The summed E-state index contributed by atoms with van der Waals surface area (Å²) in [6, 6.07) is 10.4. The normalized spacial score (nSPS) is 13.7. The number of carbonyl (C=O) groups is 1. The quantitative estimate of drug-likeness (QED) is 0.676. The molecular weight excluding hydrogens is 333 g/mol. The summed E-state index contributed by atoms with van der Waals surface area (Å²) in [7, 11) is 0. The number of aromatic amines is 1. The lowest BCUT2D eigenvalue weighted by Crippen LogP contribution is -2.25. The lowest BCUT2D eigenvalue weighted by Gasteiger charge is -2.09. The molecule has 0 bridgehead atoms. The number of rotatable bonds is 4. The van der Waals surface area contributed by atoms with Crippen LogP contribution in [0.3, 0.4) is 0 Å². The molecule has 0 spiro atoms. The van der Waals surface area contributed by atoms with E-state index in [1.54, 1.807) is 18.3 Å². The molecule has 0 aliphatic carbocycles. The van der Waals surface area contributed by atoms with Crippen LogP contribution in [-0.2, 0) is 13.0 Å². The van der Waals surface area contributed by atoms with Gasteiger partial charge in [0.1, 0.15) is 18.2 Å². The van der Waals surface area contributed by atoms with E-state index in [4.69, 9.17) is 4.74 Å². The maximum atomic E-state index is 14.0. The second-order valence-electron chi connectivity index (χ2n) is 6.33. The van der Waals surface area contributed by atoms with Gasteiger partial charge in [0.25, 0.3) is 5.91 Å². The van der Waals surface area contributed by atoms with Gasteiger partial charge in [-0.3, -0.25) is 4.79 Å². The van der Waals surface area contributed by atoms with Gasteiger partial charge in [-0.2, -0.15) is 0 Å². The van der Waals surface area contributed by atoms with Gasteiger partial charge in [0, 0.05) is 47.9 Å². The first-order chi connectivity index (χ1) is 12.7. The molecule has 0 atom stereocenters. The van der Waals surface area contributed by atoms with Crippen molar-refractivity contribution in [1.29, 1.82) is 0 Å². The van der Waals surface area contributed by atoms with E-state index in [2.05, 4.69) is 15.6 Å². The molecule has 5 nitrogen and oxygen atoms in total. The van der Waals surface area contributed by atoms with Crippen LogP contribution in [0.5, 0.6) is 5.75 Å². The molecule has 0 fully saturated rings. The van der Waals surface area contributed by atoms with Crippen LogP contribution < -0.4 is 15.4 Å². The first-order valence-electron chi connectivity index (χ1n) is 8.71. The van der Waals surface area contributed by atoms with E-state index in [1.165, 1.54) is 6.07 Å². The lowest BCUT2D eigenvalue weighted by molar-refractivity contribution is 0.0954. The Kier molecular flexibility index (Phi) is 4.58. The molecule has 6 heteroatoms. The number of benzene rings is 2. The molecule has 2 heterocycles. The molecule has 0 saturated heterocycles. The number of fused-ring (bicyclic) bond motifs is 2. The Morgan fingerprint density at radius 1 is 1.27 bits per heavy atom. The van der Waals surface area contributed by atoms with E-state index in [0.29, 0.717) is 37.1 Å². The maximum absolute atomic E-state index is 14.0. The van der Waals surface area contributed by atoms with E-state index in [-0.39, 0.29) is 11.7 Å². The Hall–Kier alpha value is -2.86. The van der Waals surface area contributed by atoms with Crippen LogP contribution in [-0.4, -0.2) is 30.6 Å². The van der Waals surface area contributed by atoms with Crippen molar-refractivity contribution >= 4 is 16.8 Å². The number of ether oxygens (including phenoxy) is 1. The van der Waals surface area contributed by atoms with Gasteiger partial charge in [-0.25, -0.2) is 4.39 Å². The van der Waals surface area contributed by atoms with Crippen LogP contribution in [0.25, 0.3) is 10.9 Å². The number of amides is 1. The van der Waals surface area contributed by atoms with Gasteiger partial charge in [0.05, 0.1) is 0 Å². The highest BCUT2D eigenvalue weighted by atomic mass is 19.1. The molecule has 0 radical (unpaired) electrons. The highest BCUT2D eigenvalue weighted by Crippen LogP contribution is 2.23. The zero-order valence-electron chi connectivity index (χ0n) is 14.3. The van der Waals surface area contributed by atoms with Crippen molar-refractivity contribution in [3.63, 3.8) is 0 Å². The Morgan fingerprint density at radius 3 is 3.12 bits per heavy atom. The number of hydrogen-bond donors (Lipinski definition) is 3. The third kappa shape index (κ3) is 3.28. The number of aromatic nitrogens is 1.